The van der Waals surface area contributed by atoms with Gasteiger partial charge in [-0.15, -0.1) is 0 Å². The fourth-order valence-electron chi connectivity index (χ4n) is 2.47. The highest BCUT2D eigenvalue weighted by Crippen LogP contribution is 2.28. The molecule has 4 nitrogen and oxygen atoms in total. The van der Waals surface area contributed by atoms with E-state index in [1.165, 1.54) is 6.42 Å². The molecule has 1 aromatic rings. The van der Waals surface area contributed by atoms with Crippen LogP contribution in [0.15, 0.2) is 18.2 Å². The molecule has 1 amide bonds. The molecule has 1 aromatic carbocycles. The maximum atomic E-state index is 11.1. The molecule has 1 aliphatic rings. The highest BCUT2D eigenvalue weighted by atomic mass is 35.5. The maximum Gasteiger partial charge on any atom is 0.250 e. The average Bonchev–Trinajstić information content (AvgIpc) is 2.38. The molecule has 4 N–H and O–H groups in total. The molecule has 1 aliphatic heterocycles. The van der Waals surface area contributed by atoms with E-state index in [-0.39, 0.29) is 0 Å². The first-order valence-corrected chi connectivity index (χ1v) is 6.57. The van der Waals surface area contributed by atoms with Gasteiger partial charge in [-0.05, 0) is 37.5 Å². The summed E-state index contributed by atoms with van der Waals surface area (Å²) in [6, 6.07) is 5.73. The molecule has 2 rings (SSSR count). The highest BCUT2D eigenvalue weighted by Gasteiger charge is 2.22. The minimum absolute atomic E-state index is 0.356. The first-order valence-electron chi connectivity index (χ1n) is 6.19. The Bertz CT molecular complexity index is 450. The van der Waals surface area contributed by atoms with E-state index < -0.39 is 5.91 Å². The molecule has 0 aromatic heterocycles. The van der Waals surface area contributed by atoms with Crippen molar-refractivity contribution < 1.29 is 4.79 Å². The van der Waals surface area contributed by atoms with E-state index in [1.54, 1.807) is 12.1 Å². The zero-order chi connectivity index (χ0) is 13.1. The summed E-state index contributed by atoms with van der Waals surface area (Å²) in [7, 11) is 0. The van der Waals surface area contributed by atoms with E-state index >= 15 is 0 Å². The van der Waals surface area contributed by atoms with Crippen LogP contribution in [0, 0.1) is 0 Å². The Morgan fingerprint density at radius 3 is 2.83 bits per heavy atom. The molecule has 1 atom stereocenters. The average molecular weight is 268 g/mol. The van der Waals surface area contributed by atoms with Crippen LogP contribution in [0.4, 0.5) is 5.69 Å². The summed E-state index contributed by atoms with van der Waals surface area (Å²) >= 11 is 6.08. The lowest BCUT2D eigenvalue weighted by Crippen LogP contribution is -2.44. The van der Waals surface area contributed by atoms with E-state index in [9.17, 15) is 4.79 Å². The second-order valence-corrected chi connectivity index (χ2v) is 5.01. The monoisotopic (exact) mass is 267 g/mol. The van der Waals surface area contributed by atoms with Gasteiger partial charge >= 0.3 is 0 Å². The molecular formula is C13H18ClN3O. The third-order valence-corrected chi connectivity index (χ3v) is 3.76. The van der Waals surface area contributed by atoms with Gasteiger partial charge in [-0.3, -0.25) is 4.79 Å². The Balaban J connectivity index is 2.27. The summed E-state index contributed by atoms with van der Waals surface area (Å²) < 4.78 is 0. The number of nitrogens with zero attached hydrogens (tertiary/aromatic N) is 1. The van der Waals surface area contributed by atoms with Crippen LogP contribution in [0.2, 0.25) is 5.02 Å². The number of amides is 1. The molecule has 1 unspecified atom stereocenters. The first kappa shape index (κ1) is 13.2. The number of nitrogens with two attached hydrogens (primary N) is 2. The van der Waals surface area contributed by atoms with Crippen LogP contribution in [0.25, 0.3) is 0 Å². The SMILES string of the molecule is NCC1CCCCN1c1ccc(C(N)=O)c(Cl)c1. The quantitative estimate of drug-likeness (QED) is 0.876. The van der Waals surface area contributed by atoms with Crippen LogP contribution < -0.4 is 16.4 Å². The number of anilines is 1. The van der Waals surface area contributed by atoms with Gasteiger partial charge in [-0.25, -0.2) is 0 Å². The van der Waals surface area contributed by atoms with Crippen molar-refractivity contribution in [1.29, 1.82) is 0 Å². The number of piperidine rings is 1. The molecule has 0 spiro atoms. The summed E-state index contributed by atoms with van der Waals surface area (Å²) in [6.45, 7) is 1.61. The number of carbonyl (C=O) groups excluding carboxylic acids is 1. The van der Waals surface area contributed by atoms with Crippen LogP contribution in [-0.2, 0) is 0 Å². The van der Waals surface area contributed by atoms with Crippen molar-refractivity contribution in [3.8, 4) is 0 Å². The number of hydrogen-bond donors (Lipinski definition) is 2. The molecule has 5 heteroatoms. The van der Waals surface area contributed by atoms with Gasteiger partial charge < -0.3 is 16.4 Å². The van der Waals surface area contributed by atoms with Crippen LogP contribution in [0.1, 0.15) is 29.6 Å². The zero-order valence-corrected chi connectivity index (χ0v) is 11.0. The van der Waals surface area contributed by atoms with Crippen molar-refractivity contribution in [3.63, 3.8) is 0 Å². The van der Waals surface area contributed by atoms with Crippen LogP contribution in [-0.4, -0.2) is 25.0 Å². The number of carbonyl (C=O) groups is 1. The summed E-state index contributed by atoms with van der Waals surface area (Å²) in [5.41, 5.74) is 12.4. The molecule has 18 heavy (non-hydrogen) atoms. The van der Waals surface area contributed by atoms with Gasteiger partial charge in [-0.1, -0.05) is 11.6 Å². The van der Waals surface area contributed by atoms with Gasteiger partial charge in [0.05, 0.1) is 10.6 Å². The van der Waals surface area contributed by atoms with Crippen LogP contribution >= 0.6 is 11.6 Å². The minimum atomic E-state index is -0.499. The lowest BCUT2D eigenvalue weighted by Gasteiger charge is -2.37. The largest absolute Gasteiger partial charge is 0.367 e. The van der Waals surface area contributed by atoms with E-state index in [1.807, 2.05) is 6.07 Å². The van der Waals surface area contributed by atoms with Crippen LogP contribution in [0.5, 0.6) is 0 Å². The summed E-state index contributed by atoms with van der Waals surface area (Å²) in [6.07, 6.45) is 3.48. The predicted molar refractivity (Wildman–Crippen MR) is 74.0 cm³/mol. The third-order valence-electron chi connectivity index (χ3n) is 3.45. The van der Waals surface area contributed by atoms with E-state index in [0.29, 0.717) is 23.2 Å². The standard InChI is InChI=1S/C13H18ClN3O/c14-12-7-9(4-5-11(12)13(16)18)17-6-2-1-3-10(17)8-15/h4-5,7,10H,1-3,6,8,15H2,(H2,16,18). The molecule has 0 radical (unpaired) electrons. The summed E-state index contributed by atoms with van der Waals surface area (Å²) in [5, 5.41) is 0.404. The molecule has 98 valence electrons. The van der Waals surface area contributed by atoms with Gasteiger partial charge in [0, 0.05) is 24.8 Å². The molecule has 1 saturated heterocycles. The normalized spacial score (nSPS) is 19.9. The Morgan fingerprint density at radius 1 is 1.44 bits per heavy atom. The Kier molecular flexibility index (Phi) is 4.09. The highest BCUT2D eigenvalue weighted by molar-refractivity contribution is 6.34. The minimum Gasteiger partial charge on any atom is -0.367 e. The fourth-order valence-corrected chi connectivity index (χ4v) is 2.74. The molecule has 1 fully saturated rings. The fraction of sp³-hybridized carbons (Fsp3) is 0.462. The van der Waals surface area contributed by atoms with Crippen molar-refractivity contribution in [2.24, 2.45) is 11.5 Å². The van der Waals surface area contributed by atoms with Crippen LogP contribution in [0.3, 0.4) is 0 Å². The molecule has 0 bridgehead atoms. The first-order chi connectivity index (χ1) is 8.63. The number of benzene rings is 1. The molecular weight excluding hydrogens is 250 g/mol. The third kappa shape index (κ3) is 2.60. The lowest BCUT2D eigenvalue weighted by atomic mass is 10.0. The Morgan fingerprint density at radius 2 is 2.22 bits per heavy atom. The number of rotatable bonds is 3. The Hall–Kier alpha value is -1.26. The molecule has 1 heterocycles. The lowest BCUT2D eigenvalue weighted by molar-refractivity contribution is 0.100. The van der Waals surface area contributed by atoms with Crippen molar-refractivity contribution >= 4 is 23.2 Å². The van der Waals surface area contributed by atoms with Gasteiger partial charge in [0.25, 0.3) is 0 Å². The topological polar surface area (TPSA) is 72.3 Å². The maximum absolute atomic E-state index is 11.1. The number of primary amides is 1. The second kappa shape index (κ2) is 5.59. The van der Waals surface area contributed by atoms with E-state index in [2.05, 4.69) is 4.90 Å². The smallest absolute Gasteiger partial charge is 0.250 e. The van der Waals surface area contributed by atoms with Gasteiger partial charge in [-0.2, -0.15) is 0 Å². The van der Waals surface area contributed by atoms with Crippen molar-refractivity contribution in [2.45, 2.75) is 25.3 Å². The van der Waals surface area contributed by atoms with Gasteiger partial charge in [0.15, 0.2) is 0 Å². The van der Waals surface area contributed by atoms with Crippen molar-refractivity contribution in [1.82, 2.24) is 0 Å². The zero-order valence-electron chi connectivity index (χ0n) is 10.2. The van der Waals surface area contributed by atoms with E-state index in [4.69, 9.17) is 23.1 Å². The summed E-state index contributed by atoms with van der Waals surface area (Å²) in [4.78, 5) is 13.4. The predicted octanol–water partition coefficient (Wildman–Crippen LogP) is 1.76. The van der Waals surface area contributed by atoms with Gasteiger partial charge in [0.2, 0.25) is 5.91 Å². The van der Waals surface area contributed by atoms with Crippen molar-refractivity contribution in [2.75, 3.05) is 18.0 Å². The Labute approximate surface area is 112 Å². The second-order valence-electron chi connectivity index (χ2n) is 4.61. The molecule has 0 saturated carbocycles. The number of halogens is 1. The molecule has 0 aliphatic carbocycles. The summed E-state index contributed by atoms with van der Waals surface area (Å²) in [5.74, 6) is -0.499. The van der Waals surface area contributed by atoms with Crippen molar-refractivity contribution in [3.05, 3.63) is 28.8 Å². The van der Waals surface area contributed by atoms with E-state index in [0.717, 1.165) is 25.1 Å². The van der Waals surface area contributed by atoms with Gasteiger partial charge in [0.1, 0.15) is 0 Å². The number of hydrogen-bond acceptors (Lipinski definition) is 3.